The standard InChI is InChI=1S/C3H4O2.Li.Mg.HO4Si/c1-2-3(4)5;;;1-5(2,3)4/h2H,1H2,(H,4,5);;;1H/q;+1;+2;-3. The van der Waals surface area contributed by atoms with Gasteiger partial charge in [0.25, 0.3) is 0 Å². The van der Waals surface area contributed by atoms with Crippen LogP contribution in [0.4, 0.5) is 0 Å². The van der Waals surface area contributed by atoms with Gasteiger partial charge in [0.15, 0.2) is 0 Å². The van der Waals surface area contributed by atoms with Gasteiger partial charge in [-0.3, -0.25) is 0 Å². The first kappa shape index (κ1) is 22.9. The maximum atomic E-state index is 9.25. The van der Waals surface area contributed by atoms with Crippen molar-refractivity contribution in [2.45, 2.75) is 0 Å². The zero-order valence-electron chi connectivity index (χ0n) is 6.52. The quantitative estimate of drug-likeness (QED) is 0.317. The third-order valence-electron chi connectivity index (χ3n) is 0.175. The van der Waals surface area contributed by atoms with Crippen LogP contribution in [0.2, 0.25) is 0 Å². The van der Waals surface area contributed by atoms with Gasteiger partial charge in [0.1, 0.15) is 0 Å². The summed E-state index contributed by atoms with van der Waals surface area (Å²) in [7, 11) is -5.36. The Morgan fingerprint density at radius 2 is 1.50 bits per heavy atom. The fourth-order valence-corrected chi connectivity index (χ4v) is 0. The molecule has 0 aliphatic heterocycles. The largest absolute Gasteiger partial charge is 2.00 e. The Balaban J connectivity index is -0.0000000457. The summed E-state index contributed by atoms with van der Waals surface area (Å²) in [6.07, 6.45) is 0.833. The van der Waals surface area contributed by atoms with Crippen molar-refractivity contribution in [3.63, 3.8) is 0 Å². The van der Waals surface area contributed by atoms with Crippen LogP contribution in [0.15, 0.2) is 12.7 Å². The smallest absolute Gasteiger partial charge is 0.861 e. The van der Waals surface area contributed by atoms with Crippen molar-refractivity contribution in [1.82, 2.24) is 0 Å². The molecule has 60 valence electrons. The second kappa shape index (κ2) is 11.6. The van der Waals surface area contributed by atoms with Crippen molar-refractivity contribution < 1.29 is 47.9 Å². The van der Waals surface area contributed by atoms with Gasteiger partial charge in [-0.2, -0.15) is 0 Å². The van der Waals surface area contributed by atoms with Crippen LogP contribution in [-0.4, -0.2) is 48.0 Å². The molecule has 0 saturated carbocycles. The van der Waals surface area contributed by atoms with Crippen molar-refractivity contribution in [2.24, 2.45) is 0 Å². The Morgan fingerprint density at radius 3 is 1.50 bits per heavy atom. The second-order valence-electron chi connectivity index (χ2n) is 1.07. The number of carboxylic acids is 1. The third kappa shape index (κ3) is 142. The van der Waals surface area contributed by atoms with E-state index in [-0.39, 0.29) is 41.9 Å². The van der Waals surface area contributed by atoms with Gasteiger partial charge in [0, 0.05) is 6.08 Å². The Hall–Kier alpha value is 0.631. The minimum Gasteiger partial charge on any atom is -0.861 e. The molecular formula is C3H5LiMgO6Si. The minimum atomic E-state index is -5.36. The first-order valence-electron chi connectivity index (χ1n) is 1.96. The van der Waals surface area contributed by atoms with Crippen LogP contribution in [0.5, 0.6) is 0 Å². The molecule has 0 atom stereocenters. The summed E-state index contributed by atoms with van der Waals surface area (Å²) in [6.45, 7) is 2.96. The molecule has 2 N–H and O–H groups in total. The summed E-state index contributed by atoms with van der Waals surface area (Å²) in [6, 6.07) is 0. The number of hydrogen-bond acceptors (Lipinski definition) is 5. The zero-order valence-corrected chi connectivity index (χ0v) is 8.93. The Morgan fingerprint density at radius 1 is 1.42 bits per heavy atom. The summed E-state index contributed by atoms with van der Waals surface area (Å²) < 4.78 is 0. The Labute approximate surface area is 98.4 Å². The molecule has 0 radical (unpaired) electrons. The van der Waals surface area contributed by atoms with Crippen LogP contribution < -0.4 is 33.2 Å². The molecule has 0 aliphatic carbocycles. The number of hydrogen-bond donors (Lipinski definition) is 2. The van der Waals surface area contributed by atoms with E-state index in [0.29, 0.717) is 0 Å². The van der Waals surface area contributed by atoms with Gasteiger partial charge in [-0.05, 0) is 0 Å². The van der Waals surface area contributed by atoms with E-state index in [1.54, 1.807) is 0 Å². The van der Waals surface area contributed by atoms with Gasteiger partial charge in [0.2, 0.25) is 0 Å². The molecule has 6 nitrogen and oxygen atoms in total. The molecule has 0 amide bonds. The number of carboxylic acid groups (broad SMARTS) is 1. The van der Waals surface area contributed by atoms with Crippen LogP contribution in [0, 0.1) is 0 Å². The van der Waals surface area contributed by atoms with Crippen LogP contribution in [-0.2, 0) is 4.79 Å². The normalized spacial score (nSPS) is 7.67. The van der Waals surface area contributed by atoms with E-state index in [4.69, 9.17) is 24.3 Å². The van der Waals surface area contributed by atoms with Crippen molar-refractivity contribution in [3.05, 3.63) is 12.7 Å². The average molecular weight is 196 g/mol. The van der Waals surface area contributed by atoms with Crippen molar-refractivity contribution in [2.75, 3.05) is 0 Å². The Kier molecular flexibility index (Phi) is 22.2. The summed E-state index contributed by atoms with van der Waals surface area (Å²) in [5.74, 6) is -0.981. The van der Waals surface area contributed by atoms with Crippen LogP contribution >= 0.6 is 0 Å². The SMILES string of the molecule is C=CC(=O)O.[Li+].[Mg+2].[O-][Si]([O-])([O-])O. The first-order chi connectivity index (χ1) is 4.27. The predicted molar refractivity (Wildman–Crippen MR) is 31.6 cm³/mol. The molecule has 0 heterocycles. The number of rotatable bonds is 1. The van der Waals surface area contributed by atoms with Crippen LogP contribution in [0.25, 0.3) is 0 Å². The van der Waals surface area contributed by atoms with Gasteiger partial charge in [0.05, 0.1) is 0 Å². The van der Waals surface area contributed by atoms with E-state index < -0.39 is 15.0 Å². The summed E-state index contributed by atoms with van der Waals surface area (Å²) in [5, 5.41) is 7.60. The molecule has 0 aromatic heterocycles. The number of aliphatic carboxylic acids is 1. The zero-order chi connectivity index (χ0) is 8.78. The topological polar surface area (TPSA) is 127 Å². The molecule has 9 heteroatoms. The van der Waals surface area contributed by atoms with Gasteiger partial charge in [-0.1, -0.05) is 6.58 Å². The molecule has 0 fully saturated rings. The van der Waals surface area contributed by atoms with Gasteiger partial charge in [-0.25, -0.2) is 4.79 Å². The second-order valence-corrected chi connectivity index (χ2v) is 2.11. The molecule has 0 saturated heterocycles. The maximum absolute atomic E-state index is 9.25. The molecule has 0 aliphatic rings. The van der Waals surface area contributed by atoms with E-state index in [1.807, 2.05) is 0 Å². The summed E-state index contributed by atoms with van der Waals surface area (Å²) in [5.41, 5.74) is 0. The molecule has 0 bridgehead atoms. The fourth-order valence-electron chi connectivity index (χ4n) is 0. The van der Waals surface area contributed by atoms with Crippen LogP contribution in [0.3, 0.4) is 0 Å². The Bertz CT molecular complexity index is 118. The third-order valence-corrected chi connectivity index (χ3v) is 0.175. The minimum absolute atomic E-state index is 0. The van der Waals surface area contributed by atoms with Gasteiger partial charge in [-0.15, -0.1) is 9.05 Å². The first-order valence-corrected chi connectivity index (χ1v) is 3.63. The summed E-state index contributed by atoms with van der Waals surface area (Å²) in [4.78, 5) is 42.3. The van der Waals surface area contributed by atoms with E-state index in [9.17, 15) is 4.79 Å². The van der Waals surface area contributed by atoms with Crippen molar-refractivity contribution in [1.29, 1.82) is 0 Å². The maximum Gasteiger partial charge on any atom is 2.00 e. The molecule has 0 spiro atoms. The molecule has 12 heavy (non-hydrogen) atoms. The van der Waals surface area contributed by atoms with Gasteiger partial charge >= 0.3 is 47.9 Å². The van der Waals surface area contributed by atoms with E-state index in [0.717, 1.165) is 6.08 Å². The van der Waals surface area contributed by atoms with E-state index >= 15 is 0 Å². The molecule has 0 aromatic carbocycles. The van der Waals surface area contributed by atoms with Crippen LogP contribution in [0.1, 0.15) is 0 Å². The van der Waals surface area contributed by atoms with E-state index in [1.165, 1.54) is 0 Å². The fraction of sp³-hybridized carbons (Fsp3) is 0. The average Bonchev–Trinajstić information content (AvgIpc) is 1.61. The molecule has 0 aromatic rings. The molecular weight excluding hydrogens is 191 g/mol. The van der Waals surface area contributed by atoms with Crippen molar-refractivity contribution in [3.8, 4) is 0 Å². The summed E-state index contributed by atoms with van der Waals surface area (Å²) >= 11 is 0. The van der Waals surface area contributed by atoms with Gasteiger partial charge < -0.3 is 24.3 Å². The van der Waals surface area contributed by atoms with E-state index in [2.05, 4.69) is 6.58 Å². The van der Waals surface area contributed by atoms with Crippen molar-refractivity contribution >= 4 is 38.1 Å². The predicted octanol–water partition coefficient (Wildman–Crippen LogP) is -7.62. The molecule has 0 unspecified atom stereocenters. The number of carbonyl (C=O) groups is 1. The molecule has 0 rings (SSSR count). The monoisotopic (exact) mass is 196 g/mol.